The van der Waals surface area contributed by atoms with Crippen molar-refractivity contribution >= 4 is 5.91 Å². The first-order chi connectivity index (χ1) is 8.27. The fourth-order valence-electron chi connectivity index (χ4n) is 1.93. The number of nitrogens with zero attached hydrogens (tertiary/aromatic N) is 1. The van der Waals surface area contributed by atoms with Gasteiger partial charge in [-0.2, -0.15) is 5.26 Å². The predicted octanol–water partition coefficient (Wildman–Crippen LogP) is 1.84. The van der Waals surface area contributed by atoms with E-state index < -0.39 is 0 Å². The Bertz CT molecular complexity index is 311. The van der Waals surface area contributed by atoms with Gasteiger partial charge in [-0.15, -0.1) is 0 Å². The third kappa shape index (κ3) is 4.90. The van der Waals surface area contributed by atoms with Crippen LogP contribution in [0.3, 0.4) is 0 Å². The molecule has 0 aromatic rings. The van der Waals surface area contributed by atoms with E-state index in [0.29, 0.717) is 0 Å². The maximum absolute atomic E-state index is 11.8. The van der Waals surface area contributed by atoms with Crippen LogP contribution in [-0.2, 0) is 4.79 Å². The molecule has 0 bridgehead atoms. The molecule has 0 unspecified atom stereocenters. The van der Waals surface area contributed by atoms with Crippen molar-refractivity contribution in [2.45, 2.75) is 51.5 Å². The molecule has 1 saturated carbocycles. The maximum Gasteiger partial charge on any atom is 0.263 e. The largest absolute Gasteiger partial charge is 0.390 e. The van der Waals surface area contributed by atoms with Crippen LogP contribution >= 0.6 is 0 Å². The van der Waals surface area contributed by atoms with Crippen molar-refractivity contribution in [3.05, 3.63) is 11.8 Å². The Morgan fingerprint density at radius 1 is 1.47 bits per heavy atom. The average Bonchev–Trinajstić information content (AvgIpc) is 2.82. The first kappa shape index (κ1) is 13.6. The molecule has 94 valence electrons. The van der Waals surface area contributed by atoms with Crippen molar-refractivity contribution in [3.8, 4) is 6.07 Å². The highest BCUT2D eigenvalue weighted by molar-refractivity contribution is 5.97. The van der Waals surface area contributed by atoms with E-state index >= 15 is 0 Å². The molecule has 0 spiro atoms. The van der Waals surface area contributed by atoms with Gasteiger partial charge in [0.15, 0.2) is 0 Å². The summed E-state index contributed by atoms with van der Waals surface area (Å²) < 4.78 is 0. The topological polar surface area (TPSA) is 64.9 Å². The smallest absolute Gasteiger partial charge is 0.263 e. The summed E-state index contributed by atoms with van der Waals surface area (Å²) >= 11 is 0. The standard InChI is InChI=1S/C13H21N3O/c1-2-3-8-15-10-11(9-14)13(17)16-12-6-4-5-7-12/h10,12,15H,2-8H2,1H3,(H,16,17)/b11-10-. The first-order valence-corrected chi connectivity index (χ1v) is 6.42. The monoisotopic (exact) mass is 235 g/mol. The molecule has 1 aliphatic carbocycles. The molecule has 0 saturated heterocycles. The Hall–Kier alpha value is -1.50. The second-order valence-electron chi connectivity index (χ2n) is 4.43. The predicted molar refractivity (Wildman–Crippen MR) is 67.0 cm³/mol. The summed E-state index contributed by atoms with van der Waals surface area (Å²) in [4.78, 5) is 11.8. The molecule has 1 amide bonds. The Morgan fingerprint density at radius 3 is 2.76 bits per heavy atom. The lowest BCUT2D eigenvalue weighted by Gasteiger charge is -2.11. The lowest BCUT2D eigenvalue weighted by Crippen LogP contribution is -2.33. The van der Waals surface area contributed by atoms with E-state index in [9.17, 15) is 4.79 Å². The lowest BCUT2D eigenvalue weighted by atomic mass is 10.2. The molecule has 0 aliphatic heterocycles. The fourth-order valence-corrected chi connectivity index (χ4v) is 1.93. The van der Waals surface area contributed by atoms with Gasteiger partial charge in [0.25, 0.3) is 5.91 Å². The van der Waals surface area contributed by atoms with Crippen molar-refractivity contribution in [1.82, 2.24) is 10.6 Å². The van der Waals surface area contributed by atoms with Gasteiger partial charge in [0.05, 0.1) is 0 Å². The van der Waals surface area contributed by atoms with Crippen molar-refractivity contribution < 1.29 is 4.79 Å². The number of unbranched alkanes of at least 4 members (excludes halogenated alkanes) is 1. The van der Waals surface area contributed by atoms with Crippen LogP contribution in [0.4, 0.5) is 0 Å². The van der Waals surface area contributed by atoms with Gasteiger partial charge in [-0.1, -0.05) is 26.2 Å². The summed E-state index contributed by atoms with van der Waals surface area (Å²) in [6, 6.07) is 2.20. The quantitative estimate of drug-likeness (QED) is 0.419. The zero-order valence-electron chi connectivity index (χ0n) is 10.5. The number of nitriles is 1. The number of hydrogen-bond acceptors (Lipinski definition) is 3. The van der Waals surface area contributed by atoms with Gasteiger partial charge in [0, 0.05) is 18.8 Å². The second kappa shape index (κ2) is 7.72. The van der Waals surface area contributed by atoms with Crippen molar-refractivity contribution in [2.75, 3.05) is 6.54 Å². The van der Waals surface area contributed by atoms with E-state index in [1.165, 1.54) is 19.0 Å². The third-order valence-corrected chi connectivity index (χ3v) is 2.98. The van der Waals surface area contributed by atoms with Gasteiger partial charge in [-0.25, -0.2) is 0 Å². The summed E-state index contributed by atoms with van der Waals surface area (Å²) in [6.45, 7) is 2.90. The molecule has 0 aromatic carbocycles. The molecule has 17 heavy (non-hydrogen) atoms. The molecule has 0 aromatic heterocycles. The van der Waals surface area contributed by atoms with Gasteiger partial charge in [0.1, 0.15) is 11.6 Å². The number of rotatable bonds is 6. The number of amides is 1. The van der Waals surface area contributed by atoms with Crippen LogP contribution in [0.2, 0.25) is 0 Å². The Balaban J connectivity index is 2.37. The highest BCUT2D eigenvalue weighted by Gasteiger charge is 2.18. The van der Waals surface area contributed by atoms with E-state index in [0.717, 1.165) is 32.2 Å². The van der Waals surface area contributed by atoms with Crippen molar-refractivity contribution in [2.24, 2.45) is 0 Å². The van der Waals surface area contributed by atoms with Crippen LogP contribution in [-0.4, -0.2) is 18.5 Å². The third-order valence-electron chi connectivity index (χ3n) is 2.98. The van der Waals surface area contributed by atoms with Gasteiger partial charge in [-0.3, -0.25) is 4.79 Å². The number of nitrogens with one attached hydrogen (secondary N) is 2. The molecular formula is C13H21N3O. The van der Waals surface area contributed by atoms with Crippen LogP contribution < -0.4 is 10.6 Å². The maximum atomic E-state index is 11.8. The Labute approximate surface area is 103 Å². The van der Waals surface area contributed by atoms with Crippen LogP contribution in [0.1, 0.15) is 45.4 Å². The second-order valence-corrected chi connectivity index (χ2v) is 4.43. The average molecular weight is 235 g/mol. The number of carbonyl (C=O) groups is 1. The van der Waals surface area contributed by atoms with E-state index in [1.54, 1.807) is 0 Å². The molecule has 4 heteroatoms. The van der Waals surface area contributed by atoms with E-state index in [1.807, 2.05) is 6.07 Å². The lowest BCUT2D eigenvalue weighted by molar-refractivity contribution is -0.117. The highest BCUT2D eigenvalue weighted by Crippen LogP contribution is 2.17. The van der Waals surface area contributed by atoms with Crippen molar-refractivity contribution in [1.29, 1.82) is 5.26 Å². The summed E-state index contributed by atoms with van der Waals surface area (Å²) in [5.74, 6) is -0.247. The summed E-state index contributed by atoms with van der Waals surface area (Å²) in [5, 5.41) is 14.8. The molecular weight excluding hydrogens is 214 g/mol. The minimum atomic E-state index is -0.247. The minimum absolute atomic E-state index is 0.174. The molecule has 0 atom stereocenters. The SMILES string of the molecule is CCCCN/C=C(/C#N)C(=O)NC1CCCC1. The zero-order valence-corrected chi connectivity index (χ0v) is 10.5. The van der Waals surface area contributed by atoms with Gasteiger partial charge >= 0.3 is 0 Å². The molecule has 1 fully saturated rings. The number of carbonyl (C=O) groups excluding carboxylic acids is 1. The van der Waals surface area contributed by atoms with Crippen LogP contribution in [0.15, 0.2) is 11.8 Å². The van der Waals surface area contributed by atoms with Gasteiger partial charge in [-0.05, 0) is 19.3 Å². The summed E-state index contributed by atoms with van der Waals surface area (Å²) in [7, 11) is 0. The molecule has 2 N–H and O–H groups in total. The Kier molecular flexibility index (Phi) is 6.16. The minimum Gasteiger partial charge on any atom is -0.390 e. The van der Waals surface area contributed by atoms with Crippen LogP contribution in [0.25, 0.3) is 0 Å². The Morgan fingerprint density at radius 2 is 2.18 bits per heavy atom. The van der Waals surface area contributed by atoms with Crippen LogP contribution in [0.5, 0.6) is 0 Å². The molecule has 4 nitrogen and oxygen atoms in total. The van der Waals surface area contributed by atoms with E-state index in [4.69, 9.17) is 5.26 Å². The molecule has 0 heterocycles. The fraction of sp³-hybridized carbons (Fsp3) is 0.692. The highest BCUT2D eigenvalue weighted by atomic mass is 16.1. The van der Waals surface area contributed by atoms with E-state index in [2.05, 4.69) is 17.6 Å². The van der Waals surface area contributed by atoms with Gasteiger partial charge in [0.2, 0.25) is 0 Å². The summed E-state index contributed by atoms with van der Waals surface area (Å²) in [6.07, 6.45) is 8.08. The molecule has 1 rings (SSSR count). The molecule has 0 radical (unpaired) electrons. The van der Waals surface area contributed by atoms with Crippen molar-refractivity contribution in [3.63, 3.8) is 0 Å². The van der Waals surface area contributed by atoms with Crippen LogP contribution in [0, 0.1) is 11.3 Å². The normalized spacial score (nSPS) is 16.6. The molecule has 1 aliphatic rings. The zero-order chi connectivity index (χ0) is 12.5. The van der Waals surface area contributed by atoms with E-state index in [-0.39, 0.29) is 17.5 Å². The summed E-state index contributed by atoms with van der Waals surface area (Å²) in [5.41, 5.74) is 0.174. The number of hydrogen-bond donors (Lipinski definition) is 2. The van der Waals surface area contributed by atoms with Gasteiger partial charge < -0.3 is 10.6 Å². The first-order valence-electron chi connectivity index (χ1n) is 6.42.